The largest absolute Gasteiger partial charge is 0.285 e. The fourth-order valence-electron chi connectivity index (χ4n) is 0.629. The molecule has 1 aliphatic heterocycles. The third-order valence-corrected chi connectivity index (χ3v) is 1.16. The molecule has 0 spiro atoms. The van der Waals surface area contributed by atoms with Gasteiger partial charge in [-0.1, -0.05) is 13.3 Å². The quantitative estimate of drug-likeness (QED) is 0.597. The Morgan fingerprint density at radius 2 is 2.56 bits per heavy atom. The molecular weight excluding hydrogens is 116 g/mol. The zero-order valence-electron chi connectivity index (χ0n) is 5.46. The third-order valence-electron chi connectivity index (χ3n) is 1.16. The van der Waals surface area contributed by atoms with Crippen LogP contribution >= 0.6 is 0 Å². The highest BCUT2D eigenvalue weighted by atomic mass is 15.6. The van der Waals surface area contributed by atoms with Crippen LogP contribution in [-0.2, 0) is 0 Å². The molecule has 0 fully saturated rings. The second-order valence-electron chi connectivity index (χ2n) is 1.95. The van der Waals surface area contributed by atoms with E-state index in [1.165, 1.54) is 6.42 Å². The molecule has 0 saturated carbocycles. The van der Waals surface area contributed by atoms with E-state index in [0.29, 0.717) is 0 Å². The van der Waals surface area contributed by atoms with Gasteiger partial charge in [0.05, 0.1) is 5.10 Å². The van der Waals surface area contributed by atoms with Gasteiger partial charge >= 0.3 is 0 Å². The molecule has 0 unspecified atom stereocenters. The van der Waals surface area contributed by atoms with E-state index in [0.717, 1.165) is 18.7 Å². The summed E-state index contributed by atoms with van der Waals surface area (Å²) < 4.78 is 0. The number of hydrogen-bond acceptors (Lipinski definition) is 4. The number of unbranched alkanes of at least 4 members (excludes halogenated alkanes) is 1. The van der Waals surface area contributed by atoms with Gasteiger partial charge in [-0.15, -0.1) is 5.43 Å². The van der Waals surface area contributed by atoms with Gasteiger partial charge in [-0.3, -0.25) is 0 Å². The van der Waals surface area contributed by atoms with Crippen LogP contribution in [-0.4, -0.2) is 5.84 Å². The molecule has 0 bridgehead atoms. The fraction of sp³-hybridized carbons (Fsp3) is 0.800. The van der Waals surface area contributed by atoms with E-state index in [-0.39, 0.29) is 0 Å². The predicted octanol–water partition coefficient (Wildman–Crippen LogP) is 0.796. The molecule has 1 rings (SSSR count). The van der Waals surface area contributed by atoms with Crippen LogP contribution in [0.25, 0.3) is 0 Å². The molecule has 1 N–H and O–H groups in total. The maximum absolute atomic E-state index is 3.74. The molecule has 0 aromatic rings. The second-order valence-corrected chi connectivity index (χ2v) is 1.95. The lowest BCUT2D eigenvalue weighted by molar-refractivity contribution is 0.781. The Morgan fingerprint density at radius 3 is 3.11 bits per heavy atom. The van der Waals surface area contributed by atoms with Crippen molar-refractivity contribution in [2.45, 2.75) is 26.2 Å². The second kappa shape index (κ2) is 3.17. The number of rotatable bonds is 3. The number of amidine groups is 1. The molecule has 0 aromatic heterocycles. The van der Waals surface area contributed by atoms with Crippen LogP contribution in [0.4, 0.5) is 0 Å². The standard InChI is InChI=1S/C5H10N4/c1-2-3-4-5-6-8-9-7-5/h2-4H2,1H3,(H,6,7,8)/q+1. The van der Waals surface area contributed by atoms with Crippen molar-refractivity contribution in [3.05, 3.63) is 0 Å². The van der Waals surface area contributed by atoms with Crippen LogP contribution in [0, 0.1) is 0 Å². The van der Waals surface area contributed by atoms with E-state index in [4.69, 9.17) is 0 Å². The van der Waals surface area contributed by atoms with E-state index in [9.17, 15) is 0 Å². The van der Waals surface area contributed by atoms with Crippen LogP contribution in [0.2, 0.25) is 0 Å². The maximum Gasteiger partial charge on any atom is 0.285 e. The molecule has 1 aliphatic rings. The first-order valence-electron chi connectivity index (χ1n) is 3.16. The summed E-state index contributed by atoms with van der Waals surface area (Å²) in [5, 5.41) is 10.6. The van der Waals surface area contributed by atoms with E-state index in [1.54, 1.807) is 0 Å². The zero-order chi connectivity index (χ0) is 6.53. The highest BCUT2D eigenvalue weighted by Crippen LogP contribution is 1.96. The van der Waals surface area contributed by atoms with Crippen molar-refractivity contribution in [1.29, 1.82) is 0 Å². The molecule has 4 nitrogen and oxygen atoms in total. The van der Waals surface area contributed by atoms with Crippen LogP contribution in [0.3, 0.4) is 0 Å². The summed E-state index contributed by atoms with van der Waals surface area (Å²) in [5.74, 6) is 0.886. The van der Waals surface area contributed by atoms with Gasteiger partial charge in [0.25, 0.3) is 5.84 Å². The highest BCUT2D eigenvalue weighted by Gasteiger charge is 2.12. The molecule has 0 saturated heterocycles. The first kappa shape index (κ1) is 6.19. The third kappa shape index (κ3) is 1.79. The van der Waals surface area contributed by atoms with Crippen molar-refractivity contribution in [2.24, 2.45) is 10.3 Å². The van der Waals surface area contributed by atoms with Crippen molar-refractivity contribution >= 4 is 5.84 Å². The zero-order valence-corrected chi connectivity index (χ0v) is 5.46. The first-order valence-corrected chi connectivity index (χ1v) is 3.16. The fourth-order valence-corrected chi connectivity index (χ4v) is 0.629. The average molecular weight is 126 g/mol. The molecule has 0 amide bonds. The van der Waals surface area contributed by atoms with E-state index in [2.05, 4.69) is 27.9 Å². The highest BCUT2D eigenvalue weighted by molar-refractivity contribution is 5.81. The summed E-state index contributed by atoms with van der Waals surface area (Å²) in [4.78, 5) is 0. The average Bonchev–Trinajstić information content (AvgIpc) is 2.34. The Kier molecular flexibility index (Phi) is 2.18. The minimum absolute atomic E-state index is 0.886. The monoisotopic (exact) mass is 126 g/mol. The predicted molar refractivity (Wildman–Crippen MR) is 34.7 cm³/mol. The number of hydrogen-bond donors (Lipinski definition) is 1. The summed E-state index contributed by atoms with van der Waals surface area (Å²) >= 11 is 0. The smallest absolute Gasteiger partial charge is 0.122 e. The lowest BCUT2D eigenvalue weighted by Crippen LogP contribution is -2.19. The van der Waals surface area contributed by atoms with Gasteiger partial charge in [0, 0.05) is 6.42 Å². The van der Waals surface area contributed by atoms with Gasteiger partial charge in [-0.2, -0.15) is 0 Å². The van der Waals surface area contributed by atoms with Gasteiger partial charge < -0.3 is 0 Å². The Labute approximate surface area is 54.0 Å². The van der Waals surface area contributed by atoms with Gasteiger partial charge in [-0.25, -0.2) is 0 Å². The summed E-state index contributed by atoms with van der Waals surface area (Å²) in [5.41, 5.74) is 2.70. The molecular formula is C5H10N4+. The van der Waals surface area contributed by atoms with E-state index >= 15 is 0 Å². The summed E-state index contributed by atoms with van der Waals surface area (Å²) in [6, 6.07) is 0. The Balaban J connectivity index is 2.14. The summed E-state index contributed by atoms with van der Waals surface area (Å²) in [6.45, 7) is 2.14. The summed E-state index contributed by atoms with van der Waals surface area (Å²) in [6.07, 6.45) is 3.29. The lowest BCUT2D eigenvalue weighted by atomic mass is 10.2. The lowest BCUT2D eigenvalue weighted by Gasteiger charge is -1.86. The Hall–Kier alpha value is -0.930. The molecule has 4 heteroatoms. The van der Waals surface area contributed by atoms with Crippen molar-refractivity contribution in [3.63, 3.8) is 0 Å². The number of nitrogens with zero attached hydrogens (tertiary/aromatic N) is 3. The van der Waals surface area contributed by atoms with Crippen LogP contribution in [0.5, 0.6) is 0 Å². The van der Waals surface area contributed by atoms with Crippen LogP contribution in [0.1, 0.15) is 26.2 Å². The van der Waals surface area contributed by atoms with Crippen molar-refractivity contribution < 1.29 is 0 Å². The maximum atomic E-state index is 3.74. The first-order chi connectivity index (χ1) is 4.43. The molecule has 0 aromatic carbocycles. The molecule has 49 valence electrons. The minimum atomic E-state index is 0.886. The van der Waals surface area contributed by atoms with Crippen LogP contribution in [0.15, 0.2) is 10.3 Å². The number of nitrogens with one attached hydrogen (secondary N) is 1. The molecule has 0 atom stereocenters. The molecule has 1 radical (unpaired) electrons. The van der Waals surface area contributed by atoms with Gasteiger partial charge in [0.15, 0.2) is 5.22 Å². The van der Waals surface area contributed by atoms with Gasteiger partial charge in [0.1, 0.15) is 0 Å². The molecule has 0 aliphatic carbocycles. The molecule has 1 heterocycles. The summed E-state index contributed by atoms with van der Waals surface area (Å²) in [7, 11) is 0. The van der Waals surface area contributed by atoms with Crippen molar-refractivity contribution in [2.75, 3.05) is 0 Å². The van der Waals surface area contributed by atoms with Crippen molar-refractivity contribution in [1.82, 2.24) is 10.6 Å². The molecule has 9 heavy (non-hydrogen) atoms. The SMILES string of the molecule is CCCCC1=NN=[N+]N1. The Bertz CT molecular complexity index is 138. The van der Waals surface area contributed by atoms with Gasteiger partial charge in [-0.05, 0) is 6.42 Å². The van der Waals surface area contributed by atoms with E-state index < -0.39 is 0 Å². The van der Waals surface area contributed by atoms with Crippen LogP contribution < -0.4 is 10.6 Å². The van der Waals surface area contributed by atoms with Crippen molar-refractivity contribution in [3.8, 4) is 0 Å². The van der Waals surface area contributed by atoms with Gasteiger partial charge in [0.2, 0.25) is 5.22 Å². The Morgan fingerprint density at radius 1 is 1.67 bits per heavy atom. The topological polar surface area (TPSA) is 50.9 Å². The normalized spacial score (nSPS) is 15.4. The van der Waals surface area contributed by atoms with E-state index in [1.807, 2.05) is 0 Å². The minimum Gasteiger partial charge on any atom is -0.122 e.